The molecular formula is C19H31GeNO. The van der Waals surface area contributed by atoms with Crippen LogP contribution >= 0.6 is 0 Å². The third-order valence-electron chi connectivity index (χ3n) is 6.09. The maximum absolute atomic E-state index is 10.5. The van der Waals surface area contributed by atoms with Gasteiger partial charge in [-0.05, 0) is 0 Å². The summed E-state index contributed by atoms with van der Waals surface area (Å²) >= 11 is -2.40. The van der Waals surface area contributed by atoms with Crippen LogP contribution in [0.1, 0.15) is 44.9 Å². The second-order valence-electron chi connectivity index (χ2n) is 7.31. The SMILES string of the molecule is O[CH2][Ge@@]([CH2]CN1CCCCC1)([c]1ccccc1)[CH]1CCCC1. The molecule has 1 saturated carbocycles. The molecular weight excluding hydrogens is 331 g/mol. The average Bonchev–Trinajstić information content (AvgIpc) is 3.13. The molecule has 1 aliphatic carbocycles. The van der Waals surface area contributed by atoms with Gasteiger partial charge in [-0.3, -0.25) is 0 Å². The molecule has 122 valence electrons. The van der Waals surface area contributed by atoms with E-state index in [1.54, 1.807) is 4.40 Å². The molecule has 0 aromatic heterocycles. The zero-order valence-corrected chi connectivity index (χ0v) is 15.9. The number of rotatable bonds is 6. The van der Waals surface area contributed by atoms with Crippen molar-refractivity contribution >= 4 is 17.7 Å². The van der Waals surface area contributed by atoms with Crippen molar-refractivity contribution in [2.75, 3.05) is 25.1 Å². The first-order chi connectivity index (χ1) is 10.8. The minimum atomic E-state index is -2.40. The third kappa shape index (κ3) is 3.60. The molecule has 1 saturated heterocycles. The van der Waals surface area contributed by atoms with Crippen molar-refractivity contribution in [3.8, 4) is 0 Å². The van der Waals surface area contributed by atoms with E-state index in [0.717, 1.165) is 4.75 Å². The number of likely N-dealkylation sites (tertiary alicyclic amines) is 1. The van der Waals surface area contributed by atoms with Crippen LogP contribution in [0, 0.1) is 0 Å². The molecule has 1 aromatic rings. The number of hydrogen-bond acceptors (Lipinski definition) is 2. The van der Waals surface area contributed by atoms with Crippen LogP contribution < -0.4 is 4.40 Å². The van der Waals surface area contributed by atoms with Crippen LogP contribution in [0.15, 0.2) is 30.3 Å². The van der Waals surface area contributed by atoms with Gasteiger partial charge in [0, 0.05) is 0 Å². The summed E-state index contributed by atoms with van der Waals surface area (Å²) in [4.78, 5) is 2.66. The first-order valence-corrected chi connectivity index (χ1v) is 14.5. The Kier molecular flexibility index (Phi) is 6.00. The summed E-state index contributed by atoms with van der Waals surface area (Å²) in [6.45, 7) is 3.79. The van der Waals surface area contributed by atoms with Crippen LogP contribution in [-0.2, 0) is 0 Å². The van der Waals surface area contributed by atoms with Gasteiger partial charge in [0.2, 0.25) is 0 Å². The first kappa shape index (κ1) is 16.5. The van der Waals surface area contributed by atoms with E-state index >= 15 is 0 Å². The Balaban J connectivity index is 1.78. The van der Waals surface area contributed by atoms with Crippen molar-refractivity contribution in [3.05, 3.63) is 30.3 Å². The van der Waals surface area contributed by atoms with Gasteiger partial charge in [-0.15, -0.1) is 0 Å². The molecule has 1 heterocycles. The Morgan fingerprint density at radius 1 is 0.955 bits per heavy atom. The van der Waals surface area contributed by atoms with Gasteiger partial charge in [-0.25, -0.2) is 0 Å². The Bertz CT molecular complexity index is 440. The topological polar surface area (TPSA) is 23.5 Å². The van der Waals surface area contributed by atoms with E-state index in [1.807, 2.05) is 0 Å². The predicted molar refractivity (Wildman–Crippen MR) is 96.2 cm³/mol. The van der Waals surface area contributed by atoms with E-state index < -0.39 is 13.3 Å². The Labute approximate surface area is 138 Å². The Morgan fingerprint density at radius 3 is 2.27 bits per heavy atom. The summed E-state index contributed by atoms with van der Waals surface area (Å²) in [5, 5.41) is 11.8. The molecule has 1 aromatic carbocycles. The molecule has 1 aliphatic heterocycles. The number of nitrogens with zero attached hydrogens (tertiary/aromatic N) is 1. The molecule has 0 amide bonds. The molecule has 0 unspecified atom stereocenters. The molecule has 0 bridgehead atoms. The van der Waals surface area contributed by atoms with Gasteiger partial charge in [-0.1, -0.05) is 0 Å². The monoisotopic (exact) mass is 363 g/mol. The van der Waals surface area contributed by atoms with Crippen molar-refractivity contribution in [2.45, 2.75) is 54.9 Å². The van der Waals surface area contributed by atoms with Crippen molar-refractivity contribution in [1.29, 1.82) is 0 Å². The van der Waals surface area contributed by atoms with Gasteiger partial charge in [0.25, 0.3) is 0 Å². The molecule has 22 heavy (non-hydrogen) atoms. The second-order valence-corrected chi connectivity index (χ2v) is 16.8. The van der Waals surface area contributed by atoms with E-state index in [1.165, 1.54) is 69.8 Å². The summed E-state index contributed by atoms with van der Waals surface area (Å²) in [5.41, 5.74) is 0.489. The zero-order chi connectivity index (χ0) is 15.3. The van der Waals surface area contributed by atoms with E-state index in [-0.39, 0.29) is 0 Å². The van der Waals surface area contributed by atoms with Gasteiger partial charge in [-0.2, -0.15) is 0 Å². The van der Waals surface area contributed by atoms with Gasteiger partial charge >= 0.3 is 138 Å². The molecule has 2 nitrogen and oxygen atoms in total. The molecule has 1 N–H and O–H groups in total. The van der Waals surface area contributed by atoms with Gasteiger partial charge in [0.05, 0.1) is 0 Å². The number of aliphatic hydroxyl groups is 1. The Hall–Kier alpha value is -0.317. The molecule has 0 radical (unpaired) electrons. The number of piperidine rings is 1. The van der Waals surface area contributed by atoms with E-state index in [0.29, 0.717) is 5.44 Å². The van der Waals surface area contributed by atoms with E-state index in [9.17, 15) is 5.11 Å². The van der Waals surface area contributed by atoms with E-state index in [4.69, 9.17) is 0 Å². The molecule has 1 atom stereocenters. The summed E-state index contributed by atoms with van der Waals surface area (Å²) in [6, 6.07) is 11.1. The van der Waals surface area contributed by atoms with Crippen molar-refractivity contribution in [2.24, 2.45) is 0 Å². The first-order valence-electron chi connectivity index (χ1n) is 9.24. The van der Waals surface area contributed by atoms with Gasteiger partial charge in [0.15, 0.2) is 0 Å². The van der Waals surface area contributed by atoms with Crippen molar-refractivity contribution < 1.29 is 5.11 Å². The number of aliphatic hydroxyl groups excluding tert-OH is 1. The van der Waals surface area contributed by atoms with Crippen LogP contribution in [0.3, 0.4) is 0 Å². The third-order valence-corrected chi connectivity index (χ3v) is 17.2. The molecule has 3 heteroatoms. The number of hydrogen-bond donors (Lipinski definition) is 1. The summed E-state index contributed by atoms with van der Waals surface area (Å²) < 4.78 is 2.39. The van der Waals surface area contributed by atoms with E-state index in [2.05, 4.69) is 35.2 Å². The van der Waals surface area contributed by atoms with Crippen LogP contribution in [0.5, 0.6) is 0 Å². The number of benzene rings is 1. The quantitative estimate of drug-likeness (QED) is 0.786. The molecule has 2 aliphatic rings. The second kappa shape index (κ2) is 7.98. The van der Waals surface area contributed by atoms with Gasteiger partial charge in [0.1, 0.15) is 0 Å². The van der Waals surface area contributed by atoms with Gasteiger partial charge < -0.3 is 0 Å². The molecule has 3 rings (SSSR count). The van der Waals surface area contributed by atoms with Crippen molar-refractivity contribution in [3.63, 3.8) is 0 Å². The van der Waals surface area contributed by atoms with Crippen LogP contribution in [0.2, 0.25) is 10.0 Å². The maximum atomic E-state index is 10.5. The van der Waals surface area contributed by atoms with Crippen molar-refractivity contribution in [1.82, 2.24) is 4.90 Å². The summed E-state index contributed by atoms with van der Waals surface area (Å²) in [7, 11) is 0. The van der Waals surface area contributed by atoms with Crippen LogP contribution in [0.25, 0.3) is 0 Å². The fraction of sp³-hybridized carbons (Fsp3) is 0.684. The Morgan fingerprint density at radius 2 is 1.64 bits per heavy atom. The fourth-order valence-corrected chi connectivity index (χ4v) is 14.9. The summed E-state index contributed by atoms with van der Waals surface area (Å²) in [5.74, 6) is 0. The van der Waals surface area contributed by atoms with Crippen LogP contribution in [0.4, 0.5) is 0 Å². The molecule has 2 fully saturated rings. The summed E-state index contributed by atoms with van der Waals surface area (Å²) in [6.07, 6.45) is 9.65. The average molecular weight is 362 g/mol. The predicted octanol–water partition coefficient (Wildman–Crippen LogP) is 3.30. The normalized spacial score (nSPS) is 23.5. The standard InChI is InChI=1S/C19H31GeNO/c22-17-20(19-11-5-6-12-19,18-9-3-1-4-10-18)13-16-21-14-7-2-8-15-21/h1,3-4,9-10,19,22H,2,5-8,11-17H2/t20-/m0/s1. The van der Waals surface area contributed by atoms with Crippen LogP contribution in [-0.4, -0.2) is 48.3 Å². The molecule has 0 spiro atoms. The zero-order valence-electron chi connectivity index (χ0n) is 13.8. The minimum absolute atomic E-state index is 0.489. The fourth-order valence-electron chi connectivity index (χ4n) is 4.67.